The number of para-hydroxylation sites is 1. The van der Waals surface area contributed by atoms with Crippen LogP contribution in [-0.4, -0.2) is 5.91 Å². The van der Waals surface area contributed by atoms with Gasteiger partial charge in [0, 0.05) is 0 Å². The average Bonchev–Trinajstić information content (AvgIpc) is 2.37. The number of anilines is 2. The Morgan fingerprint density at radius 2 is 1.84 bits per heavy atom. The normalized spacial score (nSPS) is 10.3. The first kappa shape index (κ1) is 13.3. The number of benzene rings is 2. The summed E-state index contributed by atoms with van der Waals surface area (Å²) < 4.78 is 27.1. The van der Waals surface area contributed by atoms with Gasteiger partial charge in [0.15, 0.2) is 5.82 Å². The second-order valence-electron chi connectivity index (χ2n) is 3.76. The number of nitrogens with one attached hydrogen (secondary N) is 1. The molecular formula is C13H9ClF2N2O. The Bertz CT molecular complexity index is 626. The van der Waals surface area contributed by atoms with Crippen molar-refractivity contribution in [2.75, 3.05) is 11.1 Å². The Morgan fingerprint density at radius 1 is 1.16 bits per heavy atom. The minimum atomic E-state index is -0.864. The summed E-state index contributed by atoms with van der Waals surface area (Å²) in [7, 11) is 0. The summed E-state index contributed by atoms with van der Waals surface area (Å²) in [5.74, 6) is -2.39. The molecule has 0 saturated heterocycles. The van der Waals surface area contributed by atoms with Crippen LogP contribution in [0.1, 0.15) is 10.4 Å². The zero-order valence-corrected chi connectivity index (χ0v) is 10.3. The van der Waals surface area contributed by atoms with E-state index in [9.17, 15) is 13.6 Å². The third-order valence-corrected chi connectivity index (χ3v) is 2.77. The van der Waals surface area contributed by atoms with Gasteiger partial charge in [-0.2, -0.15) is 0 Å². The molecule has 0 aromatic heterocycles. The number of nitrogen functional groups attached to an aromatic ring is 1. The maximum absolute atomic E-state index is 13.6. The Morgan fingerprint density at radius 3 is 2.53 bits per heavy atom. The molecule has 3 N–H and O–H groups in total. The average molecular weight is 283 g/mol. The molecule has 0 bridgehead atoms. The van der Waals surface area contributed by atoms with Crippen molar-refractivity contribution in [1.82, 2.24) is 0 Å². The largest absolute Gasteiger partial charge is 0.397 e. The predicted octanol–water partition coefficient (Wildman–Crippen LogP) is 3.45. The molecule has 1 amide bonds. The van der Waals surface area contributed by atoms with Crippen molar-refractivity contribution in [2.45, 2.75) is 0 Å². The minimum absolute atomic E-state index is 0.0517. The van der Waals surface area contributed by atoms with E-state index >= 15 is 0 Å². The first-order valence-corrected chi connectivity index (χ1v) is 5.68. The predicted molar refractivity (Wildman–Crippen MR) is 70.2 cm³/mol. The van der Waals surface area contributed by atoms with E-state index in [2.05, 4.69) is 5.32 Å². The van der Waals surface area contributed by atoms with Gasteiger partial charge in [-0.25, -0.2) is 8.78 Å². The van der Waals surface area contributed by atoms with Crippen LogP contribution in [0.4, 0.5) is 20.2 Å². The van der Waals surface area contributed by atoms with Crippen LogP contribution in [0.3, 0.4) is 0 Å². The highest BCUT2D eigenvalue weighted by Crippen LogP contribution is 2.24. The van der Waals surface area contributed by atoms with Crippen LogP contribution >= 0.6 is 11.6 Å². The third-order valence-electron chi connectivity index (χ3n) is 2.48. The van der Waals surface area contributed by atoms with Crippen LogP contribution in [0.25, 0.3) is 0 Å². The zero-order valence-electron chi connectivity index (χ0n) is 9.58. The Labute approximate surface area is 113 Å². The second kappa shape index (κ2) is 5.24. The molecule has 0 aliphatic rings. The number of rotatable bonds is 2. The van der Waals surface area contributed by atoms with Crippen LogP contribution in [-0.2, 0) is 0 Å². The molecule has 2 aromatic rings. The number of carbonyl (C=O) groups excluding carboxylic acids is 1. The lowest BCUT2D eigenvalue weighted by Crippen LogP contribution is -2.16. The van der Waals surface area contributed by atoms with E-state index in [1.807, 2.05) is 0 Å². The fourth-order valence-corrected chi connectivity index (χ4v) is 1.71. The minimum Gasteiger partial charge on any atom is -0.397 e. The van der Waals surface area contributed by atoms with Gasteiger partial charge in [0.25, 0.3) is 5.91 Å². The first-order valence-electron chi connectivity index (χ1n) is 5.30. The number of hydrogen-bond donors (Lipinski definition) is 2. The van der Waals surface area contributed by atoms with Crippen molar-refractivity contribution >= 4 is 28.9 Å². The van der Waals surface area contributed by atoms with Crippen molar-refractivity contribution in [3.63, 3.8) is 0 Å². The van der Waals surface area contributed by atoms with E-state index in [-0.39, 0.29) is 22.0 Å². The molecular weight excluding hydrogens is 274 g/mol. The second-order valence-corrected chi connectivity index (χ2v) is 4.17. The van der Waals surface area contributed by atoms with Gasteiger partial charge in [0.05, 0.1) is 16.3 Å². The van der Waals surface area contributed by atoms with Crippen molar-refractivity contribution in [3.8, 4) is 0 Å². The molecule has 0 aliphatic heterocycles. The Balaban J connectivity index is 2.34. The molecule has 0 atom stereocenters. The summed E-state index contributed by atoms with van der Waals surface area (Å²) in [4.78, 5) is 11.9. The SMILES string of the molecule is Nc1cccc(F)c1NC(=O)c1cccc(Cl)c1F. The molecule has 0 saturated carbocycles. The van der Waals surface area contributed by atoms with E-state index in [4.69, 9.17) is 17.3 Å². The zero-order chi connectivity index (χ0) is 14.0. The van der Waals surface area contributed by atoms with Crippen molar-refractivity contribution in [1.29, 1.82) is 0 Å². The standard InChI is InChI=1S/C13H9ClF2N2O/c14-8-4-1-3-7(11(8)16)13(19)18-12-9(15)5-2-6-10(12)17/h1-6H,17H2,(H,18,19). The molecule has 0 aliphatic carbocycles. The summed E-state index contributed by atoms with van der Waals surface area (Å²) in [6.45, 7) is 0. The van der Waals surface area contributed by atoms with Crippen molar-refractivity contribution < 1.29 is 13.6 Å². The molecule has 2 aromatic carbocycles. The molecule has 19 heavy (non-hydrogen) atoms. The van der Waals surface area contributed by atoms with Crippen LogP contribution < -0.4 is 11.1 Å². The van der Waals surface area contributed by atoms with Gasteiger partial charge in [-0.1, -0.05) is 23.7 Å². The number of nitrogens with two attached hydrogens (primary N) is 1. The number of halogens is 3. The van der Waals surface area contributed by atoms with Gasteiger partial charge in [0.1, 0.15) is 11.5 Å². The molecule has 98 valence electrons. The van der Waals surface area contributed by atoms with Gasteiger partial charge in [-0.15, -0.1) is 0 Å². The van der Waals surface area contributed by atoms with Crippen LogP contribution in [0.5, 0.6) is 0 Å². The topological polar surface area (TPSA) is 55.1 Å². The van der Waals surface area contributed by atoms with Crippen LogP contribution in [0.15, 0.2) is 36.4 Å². The monoisotopic (exact) mass is 282 g/mol. The smallest absolute Gasteiger partial charge is 0.258 e. The lowest BCUT2D eigenvalue weighted by molar-refractivity contribution is 0.102. The maximum Gasteiger partial charge on any atom is 0.258 e. The maximum atomic E-state index is 13.6. The molecule has 2 rings (SSSR count). The Kier molecular flexibility index (Phi) is 3.66. The van der Waals surface area contributed by atoms with E-state index < -0.39 is 17.5 Å². The Hall–Kier alpha value is -2.14. The molecule has 0 unspecified atom stereocenters. The van der Waals surface area contributed by atoms with Gasteiger partial charge in [0.2, 0.25) is 0 Å². The lowest BCUT2D eigenvalue weighted by atomic mass is 10.2. The van der Waals surface area contributed by atoms with E-state index in [1.54, 1.807) is 0 Å². The summed E-state index contributed by atoms with van der Waals surface area (Å²) in [5.41, 5.74) is 5.12. The fraction of sp³-hybridized carbons (Fsp3) is 0. The number of amides is 1. The lowest BCUT2D eigenvalue weighted by Gasteiger charge is -2.10. The fourth-order valence-electron chi connectivity index (χ4n) is 1.53. The first-order chi connectivity index (χ1) is 9.00. The van der Waals surface area contributed by atoms with Gasteiger partial charge >= 0.3 is 0 Å². The third kappa shape index (κ3) is 2.66. The van der Waals surface area contributed by atoms with Crippen LogP contribution in [0.2, 0.25) is 5.02 Å². The van der Waals surface area contributed by atoms with Crippen LogP contribution in [0, 0.1) is 11.6 Å². The number of carbonyl (C=O) groups is 1. The van der Waals surface area contributed by atoms with Crippen molar-refractivity contribution in [2.24, 2.45) is 0 Å². The van der Waals surface area contributed by atoms with E-state index in [0.717, 1.165) is 6.07 Å². The summed E-state index contributed by atoms with van der Waals surface area (Å²) in [5, 5.41) is 2.04. The summed E-state index contributed by atoms with van der Waals surface area (Å²) >= 11 is 5.57. The van der Waals surface area contributed by atoms with Crippen molar-refractivity contribution in [3.05, 3.63) is 58.6 Å². The number of hydrogen-bond acceptors (Lipinski definition) is 2. The van der Waals surface area contributed by atoms with E-state index in [1.165, 1.54) is 30.3 Å². The summed E-state index contributed by atoms with van der Waals surface area (Å²) in [6.07, 6.45) is 0. The highest BCUT2D eigenvalue weighted by atomic mass is 35.5. The van der Waals surface area contributed by atoms with Gasteiger partial charge in [-0.3, -0.25) is 4.79 Å². The quantitative estimate of drug-likeness (QED) is 0.829. The molecule has 0 fully saturated rings. The van der Waals surface area contributed by atoms with Gasteiger partial charge < -0.3 is 11.1 Å². The molecule has 0 heterocycles. The molecule has 6 heteroatoms. The van der Waals surface area contributed by atoms with E-state index in [0.29, 0.717) is 0 Å². The highest BCUT2D eigenvalue weighted by Gasteiger charge is 2.16. The molecule has 0 spiro atoms. The van der Waals surface area contributed by atoms with Gasteiger partial charge in [-0.05, 0) is 24.3 Å². The highest BCUT2D eigenvalue weighted by molar-refractivity contribution is 6.31. The molecule has 3 nitrogen and oxygen atoms in total. The summed E-state index contributed by atoms with van der Waals surface area (Å²) in [6, 6.07) is 7.94. The molecule has 0 radical (unpaired) electrons.